The number of rotatable bonds is 4. The van der Waals surface area contributed by atoms with Crippen molar-refractivity contribution in [2.75, 3.05) is 12.8 Å². The summed E-state index contributed by atoms with van der Waals surface area (Å²) in [6, 6.07) is 4.51. The molecule has 0 aliphatic rings. The van der Waals surface area contributed by atoms with Gasteiger partial charge in [0.15, 0.2) is 0 Å². The minimum atomic E-state index is 0.390. The molecule has 0 fully saturated rings. The molecule has 0 spiro atoms. The molecule has 0 aliphatic carbocycles. The van der Waals surface area contributed by atoms with Crippen LogP contribution in [0.3, 0.4) is 0 Å². The van der Waals surface area contributed by atoms with Crippen LogP contribution in [0.2, 0.25) is 0 Å². The van der Waals surface area contributed by atoms with Crippen molar-refractivity contribution >= 4 is 11.8 Å². The SMILES string of the molecule is CCNC(C)c1cccnc1SC. The fourth-order valence-corrected chi connectivity index (χ4v) is 1.97. The van der Waals surface area contributed by atoms with Gasteiger partial charge in [0.25, 0.3) is 0 Å². The molecule has 1 unspecified atom stereocenters. The molecule has 1 N–H and O–H groups in total. The molecule has 2 nitrogen and oxygen atoms in total. The standard InChI is InChI=1S/C10H16N2S/c1-4-11-8(2)9-6-5-7-12-10(9)13-3/h5-8,11H,4H2,1-3H3. The zero-order valence-corrected chi connectivity index (χ0v) is 9.19. The summed E-state index contributed by atoms with van der Waals surface area (Å²) >= 11 is 1.70. The molecule has 0 saturated carbocycles. The van der Waals surface area contributed by atoms with Crippen LogP contribution in [0.5, 0.6) is 0 Å². The first-order valence-electron chi connectivity index (χ1n) is 4.51. The Morgan fingerprint density at radius 1 is 1.62 bits per heavy atom. The van der Waals surface area contributed by atoms with Crippen LogP contribution in [0.4, 0.5) is 0 Å². The maximum absolute atomic E-state index is 4.32. The zero-order chi connectivity index (χ0) is 9.68. The highest BCUT2D eigenvalue weighted by Gasteiger charge is 2.08. The highest BCUT2D eigenvalue weighted by Crippen LogP contribution is 2.22. The second kappa shape index (κ2) is 5.25. The third-order valence-electron chi connectivity index (χ3n) is 1.97. The van der Waals surface area contributed by atoms with E-state index >= 15 is 0 Å². The van der Waals surface area contributed by atoms with Crippen molar-refractivity contribution in [3.05, 3.63) is 23.9 Å². The van der Waals surface area contributed by atoms with Gasteiger partial charge in [-0.2, -0.15) is 0 Å². The van der Waals surface area contributed by atoms with E-state index in [0.29, 0.717) is 6.04 Å². The van der Waals surface area contributed by atoms with Crippen LogP contribution in [-0.4, -0.2) is 17.8 Å². The second-order valence-corrected chi connectivity index (χ2v) is 3.68. The van der Waals surface area contributed by atoms with Gasteiger partial charge in [-0.3, -0.25) is 0 Å². The molecule has 1 heterocycles. The van der Waals surface area contributed by atoms with Crippen LogP contribution in [0.25, 0.3) is 0 Å². The highest BCUT2D eigenvalue weighted by atomic mass is 32.2. The Balaban J connectivity index is 2.85. The monoisotopic (exact) mass is 196 g/mol. The van der Waals surface area contributed by atoms with E-state index < -0.39 is 0 Å². The van der Waals surface area contributed by atoms with Gasteiger partial charge in [0.1, 0.15) is 5.03 Å². The van der Waals surface area contributed by atoms with Crippen molar-refractivity contribution in [1.29, 1.82) is 0 Å². The summed E-state index contributed by atoms with van der Waals surface area (Å²) in [6.07, 6.45) is 3.90. The summed E-state index contributed by atoms with van der Waals surface area (Å²) in [6.45, 7) is 5.27. The first-order valence-corrected chi connectivity index (χ1v) is 5.74. The molecule has 0 saturated heterocycles. The Hall–Kier alpha value is -0.540. The topological polar surface area (TPSA) is 24.9 Å². The molecule has 1 rings (SSSR count). The quantitative estimate of drug-likeness (QED) is 0.749. The Morgan fingerprint density at radius 3 is 3.00 bits per heavy atom. The number of hydrogen-bond donors (Lipinski definition) is 1. The maximum atomic E-state index is 4.32. The summed E-state index contributed by atoms with van der Waals surface area (Å²) < 4.78 is 0. The maximum Gasteiger partial charge on any atom is 0.100 e. The molecule has 13 heavy (non-hydrogen) atoms. The predicted molar refractivity (Wildman–Crippen MR) is 58.1 cm³/mol. The van der Waals surface area contributed by atoms with E-state index in [0.717, 1.165) is 11.6 Å². The highest BCUT2D eigenvalue weighted by molar-refractivity contribution is 7.98. The lowest BCUT2D eigenvalue weighted by molar-refractivity contribution is 0.585. The molecule has 1 aromatic heterocycles. The van der Waals surface area contributed by atoms with Crippen LogP contribution in [0.1, 0.15) is 25.5 Å². The molecular weight excluding hydrogens is 180 g/mol. The molecule has 0 aliphatic heterocycles. The Morgan fingerprint density at radius 2 is 2.38 bits per heavy atom. The third-order valence-corrected chi connectivity index (χ3v) is 2.70. The summed E-state index contributed by atoms with van der Waals surface area (Å²) in [5, 5.41) is 4.50. The van der Waals surface area contributed by atoms with Gasteiger partial charge in [-0.15, -0.1) is 11.8 Å². The molecular formula is C10H16N2S. The van der Waals surface area contributed by atoms with Gasteiger partial charge in [-0.1, -0.05) is 13.0 Å². The lowest BCUT2D eigenvalue weighted by Gasteiger charge is -2.14. The average molecular weight is 196 g/mol. The van der Waals surface area contributed by atoms with Gasteiger partial charge >= 0.3 is 0 Å². The second-order valence-electron chi connectivity index (χ2n) is 2.88. The molecule has 0 radical (unpaired) electrons. The van der Waals surface area contributed by atoms with Crippen molar-refractivity contribution in [3.8, 4) is 0 Å². The molecule has 3 heteroatoms. The zero-order valence-electron chi connectivity index (χ0n) is 8.37. The van der Waals surface area contributed by atoms with Gasteiger partial charge in [-0.05, 0) is 25.8 Å². The number of nitrogens with one attached hydrogen (secondary N) is 1. The molecule has 0 amide bonds. The Labute approximate surface area is 84.1 Å². The predicted octanol–water partition coefficient (Wildman–Crippen LogP) is 2.47. The minimum absolute atomic E-state index is 0.390. The number of nitrogens with zero attached hydrogens (tertiary/aromatic N) is 1. The fraction of sp³-hybridized carbons (Fsp3) is 0.500. The summed E-state index contributed by atoms with van der Waals surface area (Å²) in [4.78, 5) is 4.32. The van der Waals surface area contributed by atoms with Crippen molar-refractivity contribution in [3.63, 3.8) is 0 Å². The van der Waals surface area contributed by atoms with Crippen molar-refractivity contribution in [2.24, 2.45) is 0 Å². The fourth-order valence-electron chi connectivity index (χ4n) is 1.32. The van der Waals surface area contributed by atoms with E-state index in [9.17, 15) is 0 Å². The van der Waals surface area contributed by atoms with Crippen molar-refractivity contribution in [1.82, 2.24) is 10.3 Å². The van der Waals surface area contributed by atoms with Crippen LogP contribution < -0.4 is 5.32 Å². The van der Waals surface area contributed by atoms with Gasteiger partial charge in [-0.25, -0.2) is 4.98 Å². The Kier molecular flexibility index (Phi) is 4.25. The van der Waals surface area contributed by atoms with E-state index in [1.54, 1.807) is 11.8 Å². The lowest BCUT2D eigenvalue weighted by atomic mass is 10.1. The number of pyridine rings is 1. The first-order chi connectivity index (χ1) is 6.29. The largest absolute Gasteiger partial charge is 0.310 e. The number of hydrogen-bond acceptors (Lipinski definition) is 3. The molecule has 0 bridgehead atoms. The normalized spacial score (nSPS) is 12.8. The molecule has 1 aromatic rings. The smallest absolute Gasteiger partial charge is 0.100 e. The summed E-state index contributed by atoms with van der Waals surface area (Å²) in [5.41, 5.74) is 1.29. The number of thioether (sulfide) groups is 1. The molecule has 0 aromatic carbocycles. The van der Waals surface area contributed by atoms with Gasteiger partial charge in [0.05, 0.1) is 0 Å². The van der Waals surface area contributed by atoms with E-state index in [4.69, 9.17) is 0 Å². The minimum Gasteiger partial charge on any atom is -0.310 e. The summed E-state index contributed by atoms with van der Waals surface area (Å²) in [5.74, 6) is 0. The van der Waals surface area contributed by atoms with E-state index in [1.165, 1.54) is 5.56 Å². The Bertz CT molecular complexity index is 263. The third kappa shape index (κ3) is 2.71. The van der Waals surface area contributed by atoms with Crippen LogP contribution in [0.15, 0.2) is 23.4 Å². The van der Waals surface area contributed by atoms with Gasteiger partial charge in [0.2, 0.25) is 0 Å². The van der Waals surface area contributed by atoms with Crippen LogP contribution >= 0.6 is 11.8 Å². The van der Waals surface area contributed by atoms with Gasteiger partial charge < -0.3 is 5.32 Å². The molecule has 72 valence electrons. The van der Waals surface area contributed by atoms with Crippen molar-refractivity contribution < 1.29 is 0 Å². The summed E-state index contributed by atoms with van der Waals surface area (Å²) in [7, 11) is 0. The first kappa shape index (κ1) is 10.5. The van der Waals surface area contributed by atoms with Crippen LogP contribution in [-0.2, 0) is 0 Å². The van der Waals surface area contributed by atoms with Crippen molar-refractivity contribution in [2.45, 2.75) is 24.9 Å². The van der Waals surface area contributed by atoms with E-state index in [1.807, 2.05) is 12.3 Å². The molecule has 1 atom stereocenters. The van der Waals surface area contributed by atoms with E-state index in [2.05, 4.69) is 36.5 Å². The van der Waals surface area contributed by atoms with Crippen LogP contribution in [0, 0.1) is 0 Å². The average Bonchev–Trinajstić information content (AvgIpc) is 2.18. The number of aromatic nitrogens is 1. The lowest BCUT2D eigenvalue weighted by Crippen LogP contribution is -2.18. The van der Waals surface area contributed by atoms with Gasteiger partial charge in [0, 0.05) is 17.8 Å². The van der Waals surface area contributed by atoms with E-state index in [-0.39, 0.29) is 0 Å².